The molecule has 4 N–H and O–H groups in total. The molecule has 2 rings (SSSR count). The third-order valence-corrected chi connectivity index (χ3v) is 3.33. The van der Waals surface area contributed by atoms with E-state index in [9.17, 15) is 4.79 Å². The molecular formula is C18H24N4O3. The van der Waals surface area contributed by atoms with Crippen molar-refractivity contribution in [3.63, 3.8) is 0 Å². The van der Waals surface area contributed by atoms with Gasteiger partial charge in [0.1, 0.15) is 24.7 Å². The summed E-state index contributed by atoms with van der Waals surface area (Å²) in [6.07, 6.45) is 0. The van der Waals surface area contributed by atoms with E-state index >= 15 is 0 Å². The number of benzene rings is 1. The van der Waals surface area contributed by atoms with Gasteiger partial charge in [-0.05, 0) is 38.1 Å². The Morgan fingerprint density at radius 1 is 1.20 bits per heavy atom. The topological polar surface area (TPSA) is 102 Å². The van der Waals surface area contributed by atoms with E-state index in [1.807, 2.05) is 38.1 Å². The van der Waals surface area contributed by atoms with Crippen LogP contribution in [0.3, 0.4) is 0 Å². The summed E-state index contributed by atoms with van der Waals surface area (Å²) in [6.45, 7) is 6.18. The normalized spacial score (nSPS) is 11.2. The fraction of sp³-hybridized carbons (Fsp3) is 0.333. The quantitative estimate of drug-likeness (QED) is 0.385. The number of hydrogen-bond donors (Lipinski definition) is 3. The summed E-state index contributed by atoms with van der Waals surface area (Å²) in [7, 11) is 0. The van der Waals surface area contributed by atoms with Gasteiger partial charge in [0.15, 0.2) is 11.7 Å². The van der Waals surface area contributed by atoms with Gasteiger partial charge in [-0.2, -0.15) is 0 Å². The third kappa shape index (κ3) is 6.21. The zero-order chi connectivity index (χ0) is 18.1. The molecule has 0 unspecified atom stereocenters. The molecule has 25 heavy (non-hydrogen) atoms. The lowest BCUT2D eigenvalue weighted by atomic mass is 10.2. The fourth-order valence-corrected chi connectivity index (χ4v) is 2.07. The van der Waals surface area contributed by atoms with Crippen molar-refractivity contribution < 1.29 is 13.9 Å². The van der Waals surface area contributed by atoms with Gasteiger partial charge in [0.25, 0.3) is 5.91 Å². The Kier molecular flexibility index (Phi) is 6.88. The van der Waals surface area contributed by atoms with Crippen molar-refractivity contribution in [3.8, 4) is 5.75 Å². The third-order valence-electron chi connectivity index (χ3n) is 3.33. The van der Waals surface area contributed by atoms with Crippen molar-refractivity contribution in [2.24, 2.45) is 10.7 Å². The second-order valence-corrected chi connectivity index (χ2v) is 5.41. The highest BCUT2D eigenvalue weighted by atomic mass is 16.5. The highest BCUT2D eigenvalue weighted by Gasteiger charge is 2.06. The minimum absolute atomic E-state index is 0.134. The van der Waals surface area contributed by atoms with Crippen molar-refractivity contribution >= 4 is 11.9 Å². The number of primary amides is 1. The molecule has 0 radical (unpaired) electrons. The van der Waals surface area contributed by atoms with Gasteiger partial charge in [0.2, 0.25) is 0 Å². The second-order valence-electron chi connectivity index (χ2n) is 5.41. The van der Waals surface area contributed by atoms with Crippen LogP contribution in [0.1, 0.15) is 28.8 Å². The minimum atomic E-state index is -0.589. The molecule has 1 amide bonds. The van der Waals surface area contributed by atoms with Gasteiger partial charge in [-0.3, -0.25) is 4.79 Å². The highest BCUT2D eigenvalue weighted by Crippen LogP contribution is 2.11. The SMILES string of the molecule is CCNC(=NCc1ccc(C(N)=O)o1)NCCOc1ccc(C)cc1. The van der Waals surface area contributed by atoms with Crippen molar-refractivity contribution in [2.45, 2.75) is 20.4 Å². The molecule has 2 aromatic rings. The molecule has 0 atom stereocenters. The van der Waals surface area contributed by atoms with Crippen molar-refractivity contribution in [1.82, 2.24) is 10.6 Å². The molecule has 134 valence electrons. The number of nitrogens with one attached hydrogen (secondary N) is 2. The van der Waals surface area contributed by atoms with Gasteiger partial charge in [0, 0.05) is 6.54 Å². The summed E-state index contributed by atoms with van der Waals surface area (Å²) in [4.78, 5) is 15.4. The number of carbonyl (C=O) groups is 1. The van der Waals surface area contributed by atoms with Gasteiger partial charge in [0.05, 0.1) is 6.54 Å². The number of aryl methyl sites for hydroxylation is 1. The van der Waals surface area contributed by atoms with Gasteiger partial charge < -0.3 is 25.5 Å². The molecule has 1 heterocycles. The molecule has 0 aliphatic heterocycles. The number of amides is 1. The van der Waals surface area contributed by atoms with Crippen LogP contribution in [-0.4, -0.2) is 31.6 Å². The first-order valence-electron chi connectivity index (χ1n) is 8.18. The number of rotatable bonds is 8. The molecule has 1 aromatic carbocycles. The molecular weight excluding hydrogens is 320 g/mol. The standard InChI is InChI=1S/C18H24N4O3/c1-3-20-18(22-12-15-8-9-16(25-15)17(19)23)21-10-11-24-14-6-4-13(2)5-7-14/h4-9H,3,10-12H2,1-2H3,(H2,19,23)(H2,20,21,22). The number of guanidine groups is 1. The Morgan fingerprint density at radius 2 is 1.96 bits per heavy atom. The first kappa shape index (κ1) is 18.4. The van der Waals surface area contributed by atoms with Crippen LogP contribution in [-0.2, 0) is 6.54 Å². The Labute approximate surface area is 147 Å². The van der Waals surface area contributed by atoms with E-state index in [0.717, 1.165) is 12.3 Å². The maximum Gasteiger partial charge on any atom is 0.284 e. The molecule has 0 aliphatic rings. The Hall–Kier alpha value is -2.96. The van der Waals surface area contributed by atoms with Crippen molar-refractivity contribution in [2.75, 3.05) is 19.7 Å². The minimum Gasteiger partial charge on any atom is -0.492 e. The van der Waals surface area contributed by atoms with E-state index in [1.54, 1.807) is 12.1 Å². The summed E-state index contributed by atoms with van der Waals surface area (Å²) in [5, 5.41) is 6.32. The summed E-state index contributed by atoms with van der Waals surface area (Å²) in [5.41, 5.74) is 6.36. The summed E-state index contributed by atoms with van der Waals surface area (Å²) < 4.78 is 11.0. The average molecular weight is 344 g/mol. The summed E-state index contributed by atoms with van der Waals surface area (Å²) in [6, 6.07) is 11.1. The first-order valence-corrected chi connectivity index (χ1v) is 8.18. The number of furan rings is 1. The predicted octanol–water partition coefficient (Wildman–Crippen LogP) is 1.82. The van der Waals surface area contributed by atoms with Crippen LogP contribution >= 0.6 is 0 Å². The van der Waals surface area contributed by atoms with E-state index in [0.29, 0.717) is 31.4 Å². The van der Waals surface area contributed by atoms with Gasteiger partial charge in [-0.25, -0.2) is 4.99 Å². The number of nitrogens with zero attached hydrogens (tertiary/aromatic N) is 1. The Morgan fingerprint density at radius 3 is 2.60 bits per heavy atom. The van der Waals surface area contributed by atoms with Crippen molar-refractivity contribution in [3.05, 3.63) is 53.5 Å². The number of ether oxygens (including phenoxy) is 1. The van der Waals surface area contributed by atoms with Crippen LogP contribution in [0.4, 0.5) is 0 Å². The number of aliphatic imine (C=N–C) groups is 1. The molecule has 7 nitrogen and oxygen atoms in total. The highest BCUT2D eigenvalue weighted by molar-refractivity contribution is 5.89. The van der Waals surface area contributed by atoms with Crippen molar-refractivity contribution in [1.29, 1.82) is 0 Å². The smallest absolute Gasteiger partial charge is 0.284 e. The zero-order valence-electron chi connectivity index (χ0n) is 14.5. The lowest BCUT2D eigenvalue weighted by Gasteiger charge is -2.12. The summed E-state index contributed by atoms with van der Waals surface area (Å²) >= 11 is 0. The fourth-order valence-electron chi connectivity index (χ4n) is 2.07. The molecule has 1 aromatic heterocycles. The second kappa shape index (κ2) is 9.36. The lowest BCUT2D eigenvalue weighted by Crippen LogP contribution is -2.39. The van der Waals surface area contributed by atoms with Crippen LogP contribution in [0.25, 0.3) is 0 Å². The van der Waals surface area contributed by atoms with E-state index in [2.05, 4.69) is 15.6 Å². The first-order chi connectivity index (χ1) is 12.1. The van der Waals surface area contributed by atoms with Crippen LogP contribution < -0.4 is 21.1 Å². The Bertz CT molecular complexity index is 707. The monoisotopic (exact) mass is 344 g/mol. The maximum absolute atomic E-state index is 11.0. The predicted molar refractivity (Wildman–Crippen MR) is 96.7 cm³/mol. The van der Waals surface area contributed by atoms with Gasteiger partial charge >= 0.3 is 0 Å². The number of nitrogens with two attached hydrogens (primary N) is 1. The van der Waals surface area contributed by atoms with Crippen LogP contribution in [0.15, 0.2) is 45.8 Å². The van der Waals surface area contributed by atoms with Crippen LogP contribution in [0.2, 0.25) is 0 Å². The molecule has 7 heteroatoms. The van der Waals surface area contributed by atoms with Crippen LogP contribution in [0, 0.1) is 6.92 Å². The molecule has 0 saturated carbocycles. The van der Waals surface area contributed by atoms with Gasteiger partial charge in [-0.15, -0.1) is 0 Å². The van der Waals surface area contributed by atoms with Gasteiger partial charge in [-0.1, -0.05) is 17.7 Å². The number of hydrogen-bond acceptors (Lipinski definition) is 4. The van der Waals surface area contributed by atoms with Crippen LogP contribution in [0.5, 0.6) is 5.75 Å². The molecule has 0 spiro atoms. The summed E-state index contributed by atoms with van der Waals surface area (Å²) in [5.74, 6) is 1.60. The van der Waals surface area contributed by atoms with E-state index < -0.39 is 5.91 Å². The van der Waals surface area contributed by atoms with E-state index in [-0.39, 0.29) is 5.76 Å². The van der Waals surface area contributed by atoms with E-state index in [1.165, 1.54) is 5.56 Å². The zero-order valence-corrected chi connectivity index (χ0v) is 14.5. The molecule has 0 saturated heterocycles. The lowest BCUT2D eigenvalue weighted by molar-refractivity contribution is 0.0972. The molecule has 0 aliphatic carbocycles. The van der Waals surface area contributed by atoms with E-state index in [4.69, 9.17) is 14.9 Å². The Balaban J connectivity index is 1.80. The maximum atomic E-state index is 11.0. The number of carbonyl (C=O) groups excluding carboxylic acids is 1. The molecule has 0 bridgehead atoms. The largest absolute Gasteiger partial charge is 0.492 e. The molecule has 0 fully saturated rings. The average Bonchev–Trinajstić information content (AvgIpc) is 3.07.